The lowest BCUT2D eigenvalue weighted by atomic mass is 9.96. The fourth-order valence-electron chi connectivity index (χ4n) is 9.84. The molecule has 0 unspecified atom stereocenters. The Morgan fingerprint density at radius 2 is 0.780 bits per heavy atom. The maximum atomic E-state index is 6.42. The van der Waals surface area contributed by atoms with Crippen LogP contribution in [0.15, 0.2) is 211 Å². The number of fused-ring (bicyclic) bond motifs is 14. The van der Waals surface area contributed by atoms with Crippen molar-refractivity contribution in [3.63, 3.8) is 0 Å². The van der Waals surface area contributed by atoms with E-state index < -0.39 is 0 Å². The van der Waals surface area contributed by atoms with E-state index in [1.54, 1.807) is 0 Å². The molecule has 0 aliphatic rings. The summed E-state index contributed by atoms with van der Waals surface area (Å²) in [6.07, 6.45) is 0. The number of nitrogens with zero attached hydrogens (tertiary/aromatic N) is 2. The average molecular weight is 751 g/mol. The Morgan fingerprint density at radius 3 is 1.53 bits per heavy atom. The van der Waals surface area contributed by atoms with Gasteiger partial charge in [0.2, 0.25) is 0 Å². The van der Waals surface area contributed by atoms with Crippen molar-refractivity contribution in [3.05, 3.63) is 206 Å². The summed E-state index contributed by atoms with van der Waals surface area (Å²) in [4.78, 5) is 2.42. The van der Waals surface area contributed by atoms with Crippen LogP contribution in [0.2, 0.25) is 0 Å². The van der Waals surface area contributed by atoms with E-state index in [2.05, 4.69) is 210 Å². The van der Waals surface area contributed by atoms with Crippen LogP contribution in [0.3, 0.4) is 0 Å². The van der Waals surface area contributed by atoms with E-state index in [4.69, 9.17) is 4.42 Å². The van der Waals surface area contributed by atoms with Crippen molar-refractivity contribution in [1.82, 2.24) is 4.57 Å². The SMILES string of the molecule is c1ccc2c(c1)ccc1cc(N(c3ccc4c(ccc5c6ccccc6ccc45)c3)c3ccc4c5ccccc5n(-c5cccc6oc7ccccc7c56)c4c3)ccc12. The first kappa shape index (κ1) is 32.2. The van der Waals surface area contributed by atoms with Crippen molar-refractivity contribution >= 4 is 115 Å². The minimum absolute atomic E-state index is 0.882. The molecule has 2 aromatic heterocycles. The minimum atomic E-state index is 0.882. The summed E-state index contributed by atoms with van der Waals surface area (Å²) < 4.78 is 8.85. The maximum absolute atomic E-state index is 6.42. The summed E-state index contributed by atoms with van der Waals surface area (Å²) in [7, 11) is 0. The lowest BCUT2D eigenvalue weighted by Crippen LogP contribution is -2.10. The second-order valence-electron chi connectivity index (χ2n) is 15.7. The fraction of sp³-hybridized carbons (Fsp3) is 0. The van der Waals surface area contributed by atoms with Crippen LogP contribution in [0.4, 0.5) is 17.1 Å². The summed E-state index contributed by atoms with van der Waals surface area (Å²) >= 11 is 0. The highest BCUT2D eigenvalue weighted by Crippen LogP contribution is 2.44. The van der Waals surface area contributed by atoms with Crippen LogP contribution in [0.5, 0.6) is 0 Å². The predicted molar refractivity (Wildman–Crippen MR) is 250 cm³/mol. The van der Waals surface area contributed by atoms with Gasteiger partial charge in [-0.1, -0.05) is 146 Å². The van der Waals surface area contributed by atoms with Gasteiger partial charge in [0.15, 0.2) is 0 Å². The standard InChI is InChI=1S/C56H34N2O/c1-3-12-42-35(10-1)20-21-37-32-39(24-29-44(37)42)57(40-25-30-45-38(33-40)23-28-46-43-13-4-2-11-36(43)22-27-47(45)46)41-26-31-49-48-14-5-7-16-51(48)58(53(49)34-41)52-17-9-19-55-56(52)50-15-6-8-18-54(50)59-55/h1-34H. The molecule has 0 bridgehead atoms. The Balaban J connectivity index is 1.07. The van der Waals surface area contributed by atoms with Crippen molar-refractivity contribution in [1.29, 1.82) is 0 Å². The molecule has 13 rings (SSSR count). The van der Waals surface area contributed by atoms with Crippen molar-refractivity contribution < 1.29 is 4.42 Å². The Hall–Kier alpha value is -7.88. The third-order valence-corrected chi connectivity index (χ3v) is 12.5. The molecule has 0 aliphatic carbocycles. The molecule has 0 aliphatic heterocycles. The van der Waals surface area contributed by atoms with Gasteiger partial charge < -0.3 is 13.9 Å². The lowest BCUT2D eigenvalue weighted by Gasteiger charge is -2.27. The zero-order chi connectivity index (χ0) is 38.6. The molecule has 0 N–H and O–H groups in total. The number of anilines is 3. The van der Waals surface area contributed by atoms with Crippen molar-refractivity contribution in [2.75, 3.05) is 4.90 Å². The molecular formula is C56H34N2O. The second kappa shape index (κ2) is 12.3. The summed E-state index contributed by atoms with van der Waals surface area (Å²) in [5, 5.41) is 17.2. The summed E-state index contributed by atoms with van der Waals surface area (Å²) in [5.41, 5.74) is 8.45. The Bertz CT molecular complexity index is 3870. The van der Waals surface area contributed by atoms with Gasteiger partial charge in [-0.15, -0.1) is 0 Å². The average Bonchev–Trinajstić information content (AvgIpc) is 3.84. The third-order valence-electron chi connectivity index (χ3n) is 12.5. The number of hydrogen-bond donors (Lipinski definition) is 0. The summed E-state index contributed by atoms with van der Waals surface area (Å²) in [6, 6.07) is 75.3. The van der Waals surface area contributed by atoms with Crippen molar-refractivity contribution in [2.24, 2.45) is 0 Å². The first-order valence-corrected chi connectivity index (χ1v) is 20.2. The molecule has 59 heavy (non-hydrogen) atoms. The quantitative estimate of drug-likeness (QED) is 0.167. The molecule has 13 aromatic rings. The molecule has 0 radical (unpaired) electrons. The van der Waals surface area contributed by atoms with Crippen LogP contribution >= 0.6 is 0 Å². The maximum Gasteiger partial charge on any atom is 0.137 e. The molecule has 3 nitrogen and oxygen atoms in total. The Labute approximate surface area is 339 Å². The van der Waals surface area contributed by atoms with Gasteiger partial charge in [0, 0.05) is 33.2 Å². The van der Waals surface area contributed by atoms with Crippen LogP contribution in [0.1, 0.15) is 0 Å². The van der Waals surface area contributed by atoms with Crippen LogP contribution in [0, 0.1) is 0 Å². The molecule has 0 saturated carbocycles. The first-order valence-electron chi connectivity index (χ1n) is 20.2. The van der Waals surface area contributed by atoms with E-state index in [1.807, 2.05) is 6.07 Å². The number of furan rings is 1. The fourth-order valence-corrected chi connectivity index (χ4v) is 9.84. The molecule has 0 saturated heterocycles. The number of aromatic nitrogens is 1. The molecular weight excluding hydrogens is 717 g/mol. The number of hydrogen-bond acceptors (Lipinski definition) is 2. The van der Waals surface area contributed by atoms with Crippen LogP contribution in [0.25, 0.3) is 103 Å². The number of benzene rings is 11. The van der Waals surface area contributed by atoms with Gasteiger partial charge in [-0.2, -0.15) is 0 Å². The lowest BCUT2D eigenvalue weighted by molar-refractivity contribution is 0.669. The second-order valence-corrected chi connectivity index (χ2v) is 15.7. The highest BCUT2D eigenvalue weighted by molar-refractivity contribution is 6.18. The monoisotopic (exact) mass is 750 g/mol. The minimum Gasteiger partial charge on any atom is -0.456 e. The van der Waals surface area contributed by atoms with Gasteiger partial charge in [-0.05, 0) is 115 Å². The van der Waals surface area contributed by atoms with Gasteiger partial charge in [0.25, 0.3) is 0 Å². The van der Waals surface area contributed by atoms with Gasteiger partial charge in [0.05, 0.1) is 22.1 Å². The highest BCUT2D eigenvalue weighted by atomic mass is 16.3. The predicted octanol–water partition coefficient (Wildman–Crippen LogP) is 15.9. The molecule has 274 valence electrons. The van der Waals surface area contributed by atoms with Gasteiger partial charge in [0.1, 0.15) is 11.2 Å². The Kier molecular flexibility index (Phi) is 6.72. The van der Waals surface area contributed by atoms with E-state index in [1.165, 1.54) is 64.6 Å². The van der Waals surface area contributed by atoms with Crippen molar-refractivity contribution in [3.8, 4) is 5.69 Å². The van der Waals surface area contributed by atoms with Gasteiger partial charge >= 0.3 is 0 Å². The number of rotatable bonds is 4. The zero-order valence-corrected chi connectivity index (χ0v) is 31.9. The molecule has 2 heterocycles. The van der Waals surface area contributed by atoms with Crippen LogP contribution < -0.4 is 4.90 Å². The van der Waals surface area contributed by atoms with E-state index >= 15 is 0 Å². The molecule has 3 heteroatoms. The first-order chi connectivity index (χ1) is 29.2. The van der Waals surface area contributed by atoms with Crippen LogP contribution in [-0.2, 0) is 0 Å². The molecule has 0 atom stereocenters. The van der Waals surface area contributed by atoms with E-state index in [0.29, 0.717) is 0 Å². The molecule has 0 spiro atoms. The summed E-state index contributed by atoms with van der Waals surface area (Å²) in [6.45, 7) is 0. The van der Waals surface area contributed by atoms with Gasteiger partial charge in [-0.3, -0.25) is 0 Å². The van der Waals surface area contributed by atoms with E-state index in [0.717, 1.165) is 55.7 Å². The van der Waals surface area contributed by atoms with Gasteiger partial charge in [-0.25, -0.2) is 0 Å². The largest absolute Gasteiger partial charge is 0.456 e. The van der Waals surface area contributed by atoms with Crippen LogP contribution in [-0.4, -0.2) is 4.57 Å². The van der Waals surface area contributed by atoms with E-state index in [9.17, 15) is 0 Å². The van der Waals surface area contributed by atoms with E-state index in [-0.39, 0.29) is 0 Å². The molecule has 0 fully saturated rings. The molecule has 11 aromatic carbocycles. The van der Waals surface area contributed by atoms with Crippen molar-refractivity contribution in [2.45, 2.75) is 0 Å². The smallest absolute Gasteiger partial charge is 0.137 e. The normalized spacial score (nSPS) is 12.1. The highest BCUT2D eigenvalue weighted by Gasteiger charge is 2.21. The third kappa shape index (κ3) is 4.76. The molecule has 0 amide bonds. The summed E-state index contributed by atoms with van der Waals surface area (Å²) in [5.74, 6) is 0. The number of para-hydroxylation sites is 2. The zero-order valence-electron chi connectivity index (χ0n) is 31.9. The Morgan fingerprint density at radius 1 is 0.305 bits per heavy atom. The topological polar surface area (TPSA) is 21.3 Å².